The summed E-state index contributed by atoms with van der Waals surface area (Å²) < 4.78 is 5.91. The SMILES string of the molecule is CCCCCCCCC(=O)C1(OC)C(C)CCCC1(C)C. The molecule has 0 bridgehead atoms. The van der Waals surface area contributed by atoms with E-state index in [1.165, 1.54) is 38.5 Å². The Hall–Kier alpha value is -0.370. The van der Waals surface area contributed by atoms with Crippen LogP contribution in [0.3, 0.4) is 0 Å². The highest BCUT2D eigenvalue weighted by Crippen LogP contribution is 2.50. The number of carbonyl (C=O) groups excluding carboxylic acids is 1. The number of unbranched alkanes of at least 4 members (excludes halogenated alkanes) is 5. The van der Waals surface area contributed by atoms with Crippen molar-refractivity contribution in [1.29, 1.82) is 0 Å². The average Bonchev–Trinajstić information content (AvgIpc) is 2.42. The fourth-order valence-electron chi connectivity index (χ4n) is 4.40. The predicted octanol–water partition coefficient (Wildman–Crippen LogP) is 5.54. The van der Waals surface area contributed by atoms with Gasteiger partial charge in [0.2, 0.25) is 0 Å². The lowest BCUT2D eigenvalue weighted by molar-refractivity contribution is -0.179. The number of hydrogen-bond donors (Lipinski definition) is 0. The predicted molar refractivity (Wildman–Crippen MR) is 89.5 cm³/mol. The standard InChI is InChI=1S/C19H36O2/c1-6-7-8-9-10-11-14-17(20)19(21-5)16(2)13-12-15-18(19,3)4/h16H,6-15H2,1-5H3. The van der Waals surface area contributed by atoms with Gasteiger partial charge in [0, 0.05) is 18.9 Å². The summed E-state index contributed by atoms with van der Waals surface area (Å²) in [7, 11) is 1.74. The normalized spacial score (nSPS) is 28.5. The molecule has 1 aliphatic rings. The molecule has 0 aromatic heterocycles. The van der Waals surface area contributed by atoms with E-state index >= 15 is 0 Å². The fraction of sp³-hybridized carbons (Fsp3) is 0.947. The third-order valence-corrected chi connectivity index (χ3v) is 5.63. The molecule has 1 aliphatic carbocycles. The number of hydrogen-bond acceptors (Lipinski definition) is 2. The molecule has 1 saturated carbocycles. The van der Waals surface area contributed by atoms with Gasteiger partial charge in [-0.1, -0.05) is 66.2 Å². The van der Waals surface area contributed by atoms with Crippen LogP contribution in [-0.4, -0.2) is 18.5 Å². The Morgan fingerprint density at radius 2 is 1.76 bits per heavy atom. The molecule has 2 nitrogen and oxygen atoms in total. The van der Waals surface area contributed by atoms with Gasteiger partial charge >= 0.3 is 0 Å². The van der Waals surface area contributed by atoms with Crippen molar-refractivity contribution in [3.63, 3.8) is 0 Å². The minimum atomic E-state index is -0.561. The van der Waals surface area contributed by atoms with E-state index in [0.717, 1.165) is 19.3 Å². The fourth-order valence-corrected chi connectivity index (χ4v) is 4.40. The smallest absolute Gasteiger partial charge is 0.165 e. The van der Waals surface area contributed by atoms with Crippen LogP contribution >= 0.6 is 0 Å². The highest BCUT2D eigenvalue weighted by atomic mass is 16.5. The van der Waals surface area contributed by atoms with Gasteiger partial charge in [0.1, 0.15) is 5.60 Å². The molecule has 2 atom stereocenters. The molecule has 0 N–H and O–H groups in total. The second-order valence-corrected chi connectivity index (χ2v) is 7.56. The van der Waals surface area contributed by atoms with Crippen molar-refractivity contribution < 1.29 is 9.53 Å². The summed E-state index contributed by atoms with van der Waals surface area (Å²) in [6, 6.07) is 0. The Balaban J connectivity index is 2.59. The number of Topliss-reactive ketones (excluding diaryl/α,β-unsaturated/α-hetero) is 1. The topological polar surface area (TPSA) is 26.3 Å². The minimum Gasteiger partial charge on any atom is -0.370 e. The van der Waals surface area contributed by atoms with Crippen LogP contribution in [0.1, 0.15) is 91.9 Å². The molecule has 2 heteroatoms. The van der Waals surface area contributed by atoms with E-state index in [1.54, 1.807) is 7.11 Å². The lowest BCUT2D eigenvalue weighted by Gasteiger charge is -2.51. The summed E-state index contributed by atoms with van der Waals surface area (Å²) in [4.78, 5) is 12.9. The second-order valence-electron chi connectivity index (χ2n) is 7.56. The monoisotopic (exact) mass is 296 g/mol. The molecule has 0 amide bonds. The molecule has 0 heterocycles. The molecule has 1 fully saturated rings. The summed E-state index contributed by atoms with van der Waals surface area (Å²) in [5.41, 5.74) is -0.604. The summed E-state index contributed by atoms with van der Waals surface area (Å²) >= 11 is 0. The second kappa shape index (κ2) is 8.31. The third kappa shape index (κ3) is 4.09. The van der Waals surface area contributed by atoms with Crippen LogP contribution < -0.4 is 0 Å². The van der Waals surface area contributed by atoms with E-state index in [2.05, 4.69) is 27.7 Å². The van der Waals surface area contributed by atoms with Gasteiger partial charge in [-0.2, -0.15) is 0 Å². The Morgan fingerprint density at radius 3 is 2.33 bits per heavy atom. The maximum atomic E-state index is 12.9. The van der Waals surface area contributed by atoms with E-state index in [1.807, 2.05) is 0 Å². The van der Waals surface area contributed by atoms with Crippen LogP contribution in [0.15, 0.2) is 0 Å². The van der Waals surface area contributed by atoms with E-state index in [0.29, 0.717) is 18.1 Å². The third-order valence-electron chi connectivity index (χ3n) is 5.63. The van der Waals surface area contributed by atoms with E-state index in [9.17, 15) is 4.79 Å². The van der Waals surface area contributed by atoms with E-state index in [-0.39, 0.29) is 5.41 Å². The van der Waals surface area contributed by atoms with Crippen molar-refractivity contribution in [1.82, 2.24) is 0 Å². The van der Waals surface area contributed by atoms with E-state index in [4.69, 9.17) is 4.74 Å². The van der Waals surface area contributed by atoms with Crippen LogP contribution in [0.2, 0.25) is 0 Å². The maximum absolute atomic E-state index is 12.9. The summed E-state index contributed by atoms with van der Waals surface area (Å²) in [5.74, 6) is 0.677. The van der Waals surface area contributed by atoms with Crippen molar-refractivity contribution in [3.05, 3.63) is 0 Å². The van der Waals surface area contributed by atoms with Crippen LogP contribution in [0.25, 0.3) is 0 Å². The van der Waals surface area contributed by atoms with Crippen molar-refractivity contribution in [3.8, 4) is 0 Å². The highest BCUT2D eigenvalue weighted by Gasteiger charge is 2.55. The number of ketones is 1. The molecule has 1 rings (SSSR count). The molecule has 0 saturated heterocycles. The van der Waals surface area contributed by atoms with Gasteiger partial charge in [0.05, 0.1) is 0 Å². The largest absolute Gasteiger partial charge is 0.370 e. The van der Waals surface area contributed by atoms with Crippen molar-refractivity contribution in [2.24, 2.45) is 11.3 Å². The molecule has 2 unspecified atom stereocenters. The molecule has 21 heavy (non-hydrogen) atoms. The van der Waals surface area contributed by atoms with Gasteiger partial charge in [-0.15, -0.1) is 0 Å². The van der Waals surface area contributed by atoms with Gasteiger partial charge in [-0.05, 0) is 25.2 Å². The first-order valence-corrected chi connectivity index (χ1v) is 9.00. The molecule has 0 aliphatic heterocycles. The Morgan fingerprint density at radius 1 is 1.14 bits per heavy atom. The molecule has 0 spiro atoms. The van der Waals surface area contributed by atoms with Gasteiger partial charge in [-0.3, -0.25) is 4.79 Å². The summed E-state index contributed by atoms with van der Waals surface area (Å²) in [6.07, 6.45) is 11.5. The summed E-state index contributed by atoms with van der Waals surface area (Å²) in [5, 5.41) is 0. The number of ether oxygens (including phenoxy) is 1. The van der Waals surface area contributed by atoms with Gasteiger partial charge in [0.25, 0.3) is 0 Å². The van der Waals surface area contributed by atoms with Gasteiger partial charge < -0.3 is 4.74 Å². The number of methoxy groups -OCH3 is 1. The minimum absolute atomic E-state index is 0.0429. The molecule has 0 radical (unpaired) electrons. The average molecular weight is 296 g/mol. The lowest BCUT2D eigenvalue weighted by atomic mass is 9.58. The number of rotatable bonds is 9. The number of carbonyl (C=O) groups is 1. The summed E-state index contributed by atoms with van der Waals surface area (Å²) in [6.45, 7) is 8.86. The molecule has 0 aromatic rings. The van der Waals surface area contributed by atoms with Crippen LogP contribution in [0, 0.1) is 11.3 Å². The van der Waals surface area contributed by atoms with Crippen LogP contribution in [0.5, 0.6) is 0 Å². The first-order chi connectivity index (χ1) is 9.92. The lowest BCUT2D eigenvalue weighted by Crippen LogP contribution is -2.59. The molecule has 0 aromatic carbocycles. The molecular weight excluding hydrogens is 260 g/mol. The maximum Gasteiger partial charge on any atom is 0.165 e. The quantitative estimate of drug-likeness (QED) is 0.522. The zero-order valence-corrected chi connectivity index (χ0v) is 15.0. The van der Waals surface area contributed by atoms with Crippen molar-refractivity contribution >= 4 is 5.78 Å². The Bertz CT molecular complexity index is 322. The molecular formula is C19H36O2. The van der Waals surface area contributed by atoms with Crippen LogP contribution in [-0.2, 0) is 9.53 Å². The zero-order chi connectivity index (χ0) is 15.9. The van der Waals surface area contributed by atoms with Crippen LogP contribution in [0.4, 0.5) is 0 Å². The van der Waals surface area contributed by atoms with Crippen molar-refractivity contribution in [2.75, 3.05) is 7.11 Å². The van der Waals surface area contributed by atoms with E-state index < -0.39 is 5.60 Å². The van der Waals surface area contributed by atoms with Crippen molar-refractivity contribution in [2.45, 2.75) is 97.5 Å². The van der Waals surface area contributed by atoms with Gasteiger partial charge in [-0.25, -0.2) is 0 Å². The molecule has 124 valence electrons. The Labute approximate surface area is 132 Å². The highest BCUT2D eigenvalue weighted by molar-refractivity contribution is 5.88. The Kier molecular flexibility index (Phi) is 7.39. The van der Waals surface area contributed by atoms with Gasteiger partial charge in [0.15, 0.2) is 5.78 Å². The zero-order valence-electron chi connectivity index (χ0n) is 15.0. The first kappa shape index (κ1) is 18.7. The first-order valence-electron chi connectivity index (χ1n) is 9.00.